The zero-order chi connectivity index (χ0) is 27.0. The van der Waals surface area contributed by atoms with Crippen molar-refractivity contribution in [1.29, 1.82) is 0 Å². The minimum Gasteiger partial charge on any atom is -0.489 e. The quantitative estimate of drug-likeness (QED) is 0.248. The van der Waals surface area contributed by atoms with E-state index in [4.69, 9.17) is 38.4 Å². The fourth-order valence-corrected chi connectivity index (χ4v) is 6.20. The Morgan fingerprint density at radius 3 is 2.58 bits per heavy atom. The number of benzene rings is 2. The van der Waals surface area contributed by atoms with Crippen LogP contribution in [-0.4, -0.2) is 45.6 Å². The van der Waals surface area contributed by atoms with Crippen LogP contribution < -0.4 is 15.2 Å². The number of amides is 1. The second-order valence-electron chi connectivity index (χ2n) is 9.76. The predicted octanol–water partition coefficient (Wildman–Crippen LogP) is 6.88. The summed E-state index contributed by atoms with van der Waals surface area (Å²) in [7, 11) is 0. The van der Waals surface area contributed by atoms with Gasteiger partial charge in [0.25, 0.3) is 5.91 Å². The number of halogens is 2. The molecule has 0 aliphatic carbocycles. The van der Waals surface area contributed by atoms with Gasteiger partial charge in [0.15, 0.2) is 0 Å². The molecule has 3 heterocycles. The van der Waals surface area contributed by atoms with Crippen molar-refractivity contribution in [2.45, 2.75) is 51.9 Å². The van der Waals surface area contributed by atoms with Crippen molar-refractivity contribution < 1.29 is 14.3 Å². The number of hydrogen-bond acceptors (Lipinski definition) is 6. The number of nitrogens with zero attached hydrogens (tertiary/aromatic N) is 3. The number of nitrogens with two attached hydrogens (primary N) is 1. The van der Waals surface area contributed by atoms with E-state index >= 15 is 0 Å². The summed E-state index contributed by atoms with van der Waals surface area (Å²) in [6.07, 6.45) is 3.27. The Morgan fingerprint density at radius 2 is 1.87 bits per heavy atom. The number of ether oxygens (including phenoxy) is 2. The highest BCUT2D eigenvalue weighted by molar-refractivity contribution is 7.16. The van der Waals surface area contributed by atoms with Gasteiger partial charge in [-0.1, -0.05) is 35.3 Å². The monoisotopic (exact) mass is 572 g/mol. The lowest BCUT2D eigenvalue weighted by molar-refractivity contribution is 0.0841. The molecule has 5 rings (SSSR count). The number of thiophene rings is 1. The van der Waals surface area contributed by atoms with Crippen molar-refractivity contribution >= 4 is 51.5 Å². The van der Waals surface area contributed by atoms with Crippen molar-refractivity contribution in [2.24, 2.45) is 5.73 Å². The van der Waals surface area contributed by atoms with Gasteiger partial charge in [0.1, 0.15) is 39.9 Å². The van der Waals surface area contributed by atoms with Crippen LogP contribution in [0, 0.1) is 0 Å². The van der Waals surface area contributed by atoms with Crippen molar-refractivity contribution in [2.75, 3.05) is 13.1 Å². The first-order chi connectivity index (χ1) is 18.2. The maximum absolute atomic E-state index is 12.3. The molecule has 2 aromatic heterocycles. The number of primary amides is 1. The highest BCUT2D eigenvalue weighted by Crippen LogP contribution is 2.39. The Morgan fingerprint density at radius 1 is 1.11 bits per heavy atom. The summed E-state index contributed by atoms with van der Waals surface area (Å²) >= 11 is 14.2. The van der Waals surface area contributed by atoms with Crippen LogP contribution in [0.25, 0.3) is 16.0 Å². The van der Waals surface area contributed by atoms with Crippen LogP contribution in [-0.2, 0) is 0 Å². The molecule has 0 unspecified atom stereocenters. The molecule has 1 amide bonds. The first-order valence-corrected chi connectivity index (χ1v) is 14.2. The molecule has 1 atom stereocenters. The van der Waals surface area contributed by atoms with Gasteiger partial charge in [0.2, 0.25) is 0 Å². The van der Waals surface area contributed by atoms with E-state index in [9.17, 15) is 4.79 Å². The van der Waals surface area contributed by atoms with Crippen LogP contribution in [0.2, 0.25) is 10.0 Å². The first kappa shape index (κ1) is 26.8. The number of rotatable bonds is 8. The fraction of sp³-hybridized carbons (Fsp3) is 0.357. The zero-order valence-electron chi connectivity index (χ0n) is 21.5. The van der Waals surface area contributed by atoms with E-state index < -0.39 is 12.0 Å². The van der Waals surface area contributed by atoms with Crippen LogP contribution in [0.1, 0.15) is 55.0 Å². The molecule has 38 heavy (non-hydrogen) atoms. The van der Waals surface area contributed by atoms with Gasteiger partial charge in [-0.15, -0.1) is 11.3 Å². The molecule has 2 N–H and O–H groups in total. The molecule has 2 aromatic carbocycles. The zero-order valence-corrected chi connectivity index (χ0v) is 23.8. The fourth-order valence-electron chi connectivity index (χ4n) is 4.78. The van der Waals surface area contributed by atoms with Crippen molar-refractivity contribution in [3.63, 3.8) is 0 Å². The van der Waals surface area contributed by atoms with Crippen LogP contribution in [0.15, 0.2) is 48.8 Å². The number of hydrogen-bond donors (Lipinski definition) is 1. The van der Waals surface area contributed by atoms with E-state index in [0.29, 0.717) is 32.5 Å². The van der Waals surface area contributed by atoms with Crippen molar-refractivity contribution in [3.8, 4) is 16.5 Å². The molecule has 0 bridgehead atoms. The summed E-state index contributed by atoms with van der Waals surface area (Å²) in [5.74, 6) is 0.475. The highest BCUT2D eigenvalue weighted by atomic mass is 35.5. The van der Waals surface area contributed by atoms with E-state index in [-0.39, 0.29) is 6.10 Å². The summed E-state index contributed by atoms with van der Waals surface area (Å²) in [5, 5.41) is 1.87. The van der Waals surface area contributed by atoms with Crippen molar-refractivity contribution in [1.82, 2.24) is 14.5 Å². The molecule has 0 spiro atoms. The summed E-state index contributed by atoms with van der Waals surface area (Å²) < 4.78 is 14.5. The maximum Gasteiger partial charge on any atom is 0.262 e. The van der Waals surface area contributed by atoms with Crippen LogP contribution in [0.5, 0.6) is 11.5 Å². The summed E-state index contributed by atoms with van der Waals surface area (Å²) in [5.41, 5.74) is 8.10. The molecule has 0 saturated carbocycles. The second-order valence-corrected chi connectivity index (χ2v) is 11.6. The van der Waals surface area contributed by atoms with Gasteiger partial charge in [-0.25, -0.2) is 4.98 Å². The third-order valence-electron chi connectivity index (χ3n) is 6.89. The number of fused-ring (bicyclic) bond motifs is 1. The largest absolute Gasteiger partial charge is 0.489 e. The second kappa shape index (κ2) is 11.1. The van der Waals surface area contributed by atoms with Crippen LogP contribution in [0.4, 0.5) is 0 Å². The normalized spacial score (nSPS) is 15.7. The Balaban J connectivity index is 1.36. The number of piperidine rings is 1. The van der Waals surface area contributed by atoms with Gasteiger partial charge in [0.05, 0.1) is 16.1 Å². The molecular formula is C28H30Cl2N4O3S. The van der Waals surface area contributed by atoms with Gasteiger partial charge < -0.3 is 20.1 Å². The van der Waals surface area contributed by atoms with Gasteiger partial charge >= 0.3 is 0 Å². The van der Waals surface area contributed by atoms with Gasteiger partial charge in [-0.3, -0.25) is 9.36 Å². The average molecular weight is 574 g/mol. The van der Waals surface area contributed by atoms with Gasteiger partial charge in [-0.05, 0) is 57.9 Å². The number of carbonyl (C=O) groups is 1. The molecule has 7 nitrogen and oxygen atoms in total. The third kappa shape index (κ3) is 5.50. The molecule has 10 heteroatoms. The molecule has 1 saturated heterocycles. The first-order valence-electron chi connectivity index (χ1n) is 12.6. The Bertz CT molecular complexity index is 1460. The summed E-state index contributed by atoms with van der Waals surface area (Å²) in [6.45, 7) is 8.35. The van der Waals surface area contributed by atoms with E-state index in [1.165, 1.54) is 11.3 Å². The van der Waals surface area contributed by atoms with E-state index in [2.05, 4.69) is 23.7 Å². The SMILES string of the molecule is CC(C)N1CCC(Oc2cccc([C@@H](C)Oc3cc(-n4cnc5cc(Cl)ccc54)sc3C(N)=O)c2Cl)CC1. The third-order valence-corrected chi connectivity index (χ3v) is 8.66. The molecule has 1 aliphatic heterocycles. The lowest BCUT2D eigenvalue weighted by Crippen LogP contribution is -2.41. The lowest BCUT2D eigenvalue weighted by Gasteiger charge is -2.34. The Labute approximate surface area is 236 Å². The molecule has 1 aliphatic rings. The number of carbonyl (C=O) groups excluding carboxylic acids is 1. The summed E-state index contributed by atoms with van der Waals surface area (Å²) in [4.78, 5) is 19.5. The number of imidazole rings is 1. The van der Waals surface area contributed by atoms with Crippen LogP contribution in [0.3, 0.4) is 0 Å². The number of likely N-dealkylation sites (tertiary alicyclic amines) is 1. The standard InChI is InChI=1S/C28H30Cl2N4O3S/c1-16(2)33-11-9-19(10-12-33)37-23-6-4-5-20(26(23)30)17(3)36-24-14-25(38-27(24)28(31)35)34-15-32-21-13-18(29)7-8-22(21)34/h4-8,13-17,19H,9-12H2,1-3H3,(H2,31,35)/t17-/m1/s1. The van der Waals surface area contributed by atoms with E-state index in [1.54, 1.807) is 24.5 Å². The Kier molecular flexibility index (Phi) is 7.86. The highest BCUT2D eigenvalue weighted by Gasteiger charge is 2.25. The molecule has 200 valence electrons. The minimum atomic E-state index is -0.563. The molecule has 0 radical (unpaired) electrons. The number of aromatic nitrogens is 2. The minimum absolute atomic E-state index is 0.120. The van der Waals surface area contributed by atoms with Gasteiger partial charge in [0, 0.05) is 35.8 Å². The van der Waals surface area contributed by atoms with E-state index in [1.807, 2.05) is 35.8 Å². The smallest absolute Gasteiger partial charge is 0.262 e. The maximum atomic E-state index is 12.3. The van der Waals surface area contributed by atoms with Gasteiger partial charge in [-0.2, -0.15) is 0 Å². The average Bonchev–Trinajstić information content (AvgIpc) is 3.49. The van der Waals surface area contributed by atoms with Crippen LogP contribution >= 0.6 is 34.5 Å². The predicted molar refractivity (Wildman–Crippen MR) is 153 cm³/mol. The van der Waals surface area contributed by atoms with Crippen molar-refractivity contribution in [3.05, 3.63) is 69.3 Å². The lowest BCUT2D eigenvalue weighted by atomic mass is 10.1. The molecule has 4 aromatic rings. The molecule has 1 fully saturated rings. The topological polar surface area (TPSA) is 82.6 Å². The van der Waals surface area contributed by atoms with E-state index in [0.717, 1.165) is 47.5 Å². The molecular weight excluding hydrogens is 543 g/mol. The Hall–Kier alpha value is -2.78. The summed E-state index contributed by atoms with van der Waals surface area (Å²) in [6, 6.07) is 13.5.